The van der Waals surface area contributed by atoms with Crippen LogP contribution in [0.25, 0.3) is 0 Å². The predicted molar refractivity (Wildman–Crippen MR) is 89.6 cm³/mol. The van der Waals surface area contributed by atoms with Crippen molar-refractivity contribution >= 4 is 0 Å². The van der Waals surface area contributed by atoms with Gasteiger partial charge in [0.05, 0.1) is 23.4 Å². The average Bonchev–Trinajstić information content (AvgIpc) is 2.20. The molecule has 3 heteroatoms. The van der Waals surface area contributed by atoms with E-state index in [1.807, 2.05) is 13.8 Å². The van der Waals surface area contributed by atoms with E-state index < -0.39 is 5.60 Å². The van der Waals surface area contributed by atoms with Gasteiger partial charge in [0.15, 0.2) is 0 Å². The fourth-order valence-electron chi connectivity index (χ4n) is 2.50. The van der Waals surface area contributed by atoms with Gasteiger partial charge in [0.1, 0.15) is 0 Å². The highest BCUT2D eigenvalue weighted by Gasteiger charge is 2.39. The van der Waals surface area contributed by atoms with Crippen molar-refractivity contribution in [3.05, 3.63) is 0 Å². The van der Waals surface area contributed by atoms with Gasteiger partial charge in [-0.3, -0.25) is 0 Å². The van der Waals surface area contributed by atoms with Crippen LogP contribution in [0.1, 0.15) is 81.6 Å². The van der Waals surface area contributed by atoms with Gasteiger partial charge in [-0.15, -0.1) is 0 Å². The number of rotatable bonds is 10. The minimum atomic E-state index is -0.608. The van der Waals surface area contributed by atoms with Crippen LogP contribution >= 0.6 is 0 Å². The molecule has 1 atom stereocenters. The van der Waals surface area contributed by atoms with E-state index >= 15 is 0 Å². The summed E-state index contributed by atoms with van der Waals surface area (Å²) >= 11 is 0. The molecule has 0 saturated heterocycles. The fraction of sp³-hybridized carbons (Fsp3) is 1.00. The van der Waals surface area contributed by atoms with Crippen LogP contribution in [-0.4, -0.2) is 35.1 Å². The van der Waals surface area contributed by atoms with Gasteiger partial charge in [-0.05, 0) is 73.1 Å². The van der Waals surface area contributed by atoms with Gasteiger partial charge < -0.3 is 14.6 Å². The Hall–Kier alpha value is -0.120. The van der Waals surface area contributed by atoms with Crippen LogP contribution in [0.3, 0.4) is 0 Å². The molecule has 3 nitrogen and oxygen atoms in total. The smallest absolute Gasteiger partial charge is 0.0678 e. The molecule has 1 unspecified atom stereocenters. The maximum Gasteiger partial charge on any atom is 0.0678 e. The molecule has 0 rings (SSSR count). The second-order valence-corrected chi connectivity index (χ2v) is 8.36. The molecular weight excluding hydrogens is 264 g/mol. The van der Waals surface area contributed by atoms with Crippen molar-refractivity contribution in [2.45, 2.75) is 105 Å². The molecule has 128 valence electrons. The van der Waals surface area contributed by atoms with E-state index in [1.54, 1.807) is 0 Å². The van der Waals surface area contributed by atoms with E-state index in [-0.39, 0.29) is 23.2 Å². The predicted octanol–water partition coefficient (Wildman–Crippen LogP) is 4.56. The summed E-state index contributed by atoms with van der Waals surface area (Å²) in [5.41, 5.74) is -0.806. The Morgan fingerprint density at radius 3 is 1.90 bits per heavy atom. The summed E-state index contributed by atoms with van der Waals surface area (Å²) < 4.78 is 12.0. The first kappa shape index (κ1) is 20.9. The standard InChI is InChI=1S/C18H38O3/c1-14(2)21-15(3)13-16(4,5)18(8,9)20-12-10-11-17(6,7)19/h14-15,19H,10-13H2,1-9H3. The van der Waals surface area contributed by atoms with Gasteiger partial charge in [0.25, 0.3) is 0 Å². The van der Waals surface area contributed by atoms with E-state index in [1.165, 1.54) is 0 Å². The SMILES string of the molecule is CC(C)OC(C)CC(C)(C)C(C)(C)OCCCC(C)(C)O. The molecule has 0 spiro atoms. The largest absolute Gasteiger partial charge is 0.390 e. The van der Waals surface area contributed by atoms with E-state index in [0.29, 0.717) is 6.61 Å². The molecule has 21 heavy (non-hydrogen) atoms. The lowest BCUT2D eigenvalue weighted by Gasteiger charge is -2.43. The van der Waals surface area contributed by atoms with Crippen LogP contribution in [0.15, 0.2) is 0 Å². The maximum absolute atomic E-state index is 9.74. The Labute approximate surface area is 132 Å². The Morgan fingerprint density at radius 1 is 0.952 bits per heavy atom. The third kappa shape index (κ3) is 8.80. The van der Waals surface area contributed by atoms with Gasteiger partial charge in [0, 0.05) is 6.61 Å². The summed E-state index contributed by atoms with van der Waals surface area (Å²) in [4.78, 5) is 0. The topological polar surface area (TPSA) is 38.7 Å². The van der Waals surface area contributed by atoms with Gasteiger partial charge >= 0.3 is 0 Å². The van der Waals surface area contributed by atoms with Crippen molar-refractivity contribution in [2.75, 3.05) is 6.61 Å². The van der Waals surface area contributed by atoms with Crippen molar-refractivity contribution in [1.82, 2.24) is 0 Å². The number of ether oxygens (including phenoxy) is 2. The summed E-state index contributed by atoms with van der Waals surface area (Å²) in [6.45, 7) is 19.4. The average molecular weight is 302 g/mol. The Kier molecular flexibility index (Phi) is 7.89. The molecule has 0 amide bonds. The minimum Gasteiger partial charge on any atom is -0.390 e. The summed E-state index contributed by atoms with van der Waals surface area (Å²) in [7, 11) is 0. The van der Waals surface area contributed by atoms with Crippen molar-refractivity contribution in [3.63, 3.8) is 0 Å². The summed E-state index contributed by atoms with van der Waals surface area (Å²) in [5.74, 6) is 0. The Balaban J connectivity index is 4.37. The molecule has 0 aromatic rings. The van der Waals surface area contributed by atoms with Gasteiger partial charge in [0.2, 0.25) is 0 Å². The highest BCUT2D eigenvalue weighted by molar-refractivity contribution is 4.89. The molecule has 0 aliphatic rings. The number of hydrogen-bond donors (Lipinski definition) is 1. The van der Waals surface area contributed by atoms with E-state index in [2.05, 4.69) is 48.5 Å². The first-order valence-electron chi connectivity index (χ1n) is 8.29. The van der Waals surface area contributed by atoms with Gasteiger partial charge in [-0.1, -0.05) is 13.8 Å². The molecular formula is C18H38O3. The lowest BCUT2D eigenvalue weighted by molar-refractivity contribution is -0.122. The van der Waals surface area contributed by atoms with Crippen molar-refractivity contribution < 1.29 is 14.6 Å². The van der Waals surface area contributed by atoms with Crippen LogP contribution in [0.5, 0.6) is 0 Å². The zero-order valence-electron chi connectivity index (χ0n) is 15.7. The van der Waals surface area contributed by atoms with Crippen molar-refractivity contribution in [2.24, 2.45) is 5.41 Å². The van der Waals surface area contributed by atoms with Crippen molar-refractivity contribution in [3.8, 4) is 0 Å². The third-order valence-corrected chi connectivity index (χ3v) is 4.33. The third-order valence-electron chi connectivity index (χ3n) is 4.33. The highest BCUT2D eigenvalue weighted by Crippen LogP contribution is 2.38. The fourth-order valence-corrected chi connectivity index (χ4v) is 2.50. The molecule has 0 radical (unpaired) electrons. The first-order chi connectivity index (χ1) is 9.27. The van der Waals surface area contributed by atoms with E-state index in [9.17, 15) is 5.11 Å². The van der Waals surface area contributed by atoms with Crippen LogP contribution in [-0.2, 0) is 9.47 Å². The zero-order valence-corrected chi connectivity index (χ0v) is 15.7. The van der Waals surface area contributed by atoms with Crippen LogP contribution < -0.4 is 0 Å². The van der Waals surface area contributed by atoms with Crippen LogP contribution in [0, 0.1) is 5.41 Å². The lowest BCUT2D eigenvalue weighted by Crippen LogP contribution is -2.44. The zero-order chi connectivity index (χ0) is 16.9. The van der Waals surface area contributed by atoms with E-state index in [0.717, 1.165) is 19.3 Å². The van der Waals surface area contributed by atoms with E-state index in [4.69, 9.17) is 9.47 Å². The molecule has 0 aliphatic heterocycles. The summed E-state index contributed by atoms with van der Waals surface area (Å²) in [6.07, 6.45) is 3.08. The monoisotopic (exact) mass is 302 g/mol. The first-order valence-corrected chi connectivity index (χ1v) is 8.29. The Bertz CT molecular complexity index is 287. The molecule has 0 saturated carbocycles. The Morgan fingerprint density at radius 2 is 1.48 bits per heavy atom. The molecule has 1 N–H and O–H groups in total. The molecule has 0 aromatic carbocycles. The van der Waals surface area contributed by atoms with Crippen LogP contribution in [0.4, 0.5) is 0 Å². The van der Waals surface area contributed by atoms with Crippen LogP contribution in [0.2, 0.25) is 0 Å². The minimum absolute atomic E-state index is 0.0238. The maximum atomic E-state index is 9.74. The number of hydrogen-bond acceptors (Lipinski definition) is 3. The van der Waals surface area contributed by atoms with Gasteiger partial charge in [-0.2, -0.15) is 0 Å². The molecule has 0 heterocycles. The highest BCUT2D eigenvalue weighted by atomic mass is 16.5. The molecule has 0 aromatic heterocycles. The molecule has 0 aliphatic carbocycles. The second kappa shape index (κ2) is 7.94. The quantitative estimate of drug-likeness (QED) is 0.601. The number of aliphatic hydroxyl groups is 1. The second-order valence-electron chi connectivity index (χ2n) is 8.36. The van der Waals surface area contributed by atoms with Crippen molar-refractivity contribution in [1.29, 1.82) is 0 Å². The summed E-state index contributed by atoms with van der Waals surface area (Å²) in [6, 6.07) is 0. The molecule has 0 fully saturated rings. The summed E-state index contributed by atoms with van der Waals surface area (Å²) in [5, 5.41) is 9.74. The van der Waals surface area contributed by atoms with Gasteiger partial charge in [-0.25, -0.2) is 0 Å². The lowest BCUT2D eigenvalue weighted by atomic mass is 9.73. The molecule has 0 bridgehead atoms. The normalized spacial score (nSPS) is 15.6.